The fourth-order valence-corrected chi connectivity index (χ4v) is 1.68. The topological polar surface area (TPSA) is 33.3 Å². The standard InChI is InChI=1S/C11H24N2O/c1-10(2)13-6-3-9-14-11-4-7-12-8-5-11/h10-13H,3-9H2,1-2H3. The Morgan fingerprint density at radius 2 is 2.07 bits per heavy atom. The third-order valence-electron chi connectivity index (χ3n) is 2.51. The second kappa shape index (κ2) is 7.21. The molecule has 0 bridgehead atoms. The van der Waals surface area contributed by atoms with Crippen molar-refractivity contribution in [1.29, 1.82) is 0 Å². The van der Waals surface area contributed by atoms with Crippen molar-refractivity contribution in [2.24, 2.45) is 0 Å². The molecule has 0 amide bonds. The molecule has 0 aromatic heterocycles. The van der Waals surface area contributed by atoms with E-state index >= 15 is 0 Å². The third kappa shape index (κ3) is 5.58. The van der Waals surface area contributed by atoms with Gasteiger partial charge in [0.05, 0.1) is 6.10 Å². The van der Waals surface area contributed by atoms with Crippen LogP contribution in [0.1, 0.15) is 33.1 Å². The lowest BCUT2D eigenvalue weighted by molar-refractivity contribution is 0.0316. The van der Waals surface area contributed by atoms with Gasteiger partial charge >= 0.3 is 0 Å². The lowest BCUT2D eigenvalue weighted by Crippen LogP contribution is -2.33. The van der Waals surface area contributed by atoms with Gasteiger partial charge in [-0.25, -0.2) is 0 Å². The fraction of sp³-hybridized carbons (Fsp3) is 1.00. The second-order valence-corrected chi connectivity index (χ2v) is 4.28. The first kappa shape index (κ1) is 12.0. The zero-order valence-corrected chi connectivity index (χ0v) is 9.51. The van der Waals surface area contributed by atoms with Crippen LogP contribution in [0.3, 0.4) is 0 Å². The summed E-state index contributed by atoms with van der Waals surface area (Å²) in [5.41, 5.74) is 0. The molecular weight excluding hydrogens is 176 g/mol. The van der Waals surface area contributed by atoms with Crippen LogP contribution < -0.4 is 10.6 Å². The molecule has 1 rings (SSSR count). The molecule has 0 aromatic rings. The molecule has 0 radical (unpaired) electrons. The van der Waals surface area contributed by atoms with Gasteiger partial charge in [0.2, 0.25) is 0 Å². The van der Waals surface area contributed by atoms with Crippen LogP contribution in [0.5, 0.6) is 0 Å². The summed E-state index contributed by atoms with van der Waals surface area (Å²) in [6, 6.07) is 0.592. The predicted molar refractivity (Wildman–Crippen MR) is 59.6 cm³/mol. The van der Waals surface area contributed by atoms with Gasteiger partial charge in [-0.2, -0.15) is 0 Å². The predicted octanol–water partition coefficient (Wildman–Crippen LogP) is 1.14. The van der Waals surface area contributed by atoms with Gasteiger partial charge in [-0.15, -0.1) is 0 Å². The molecule has 0 atom stereocenters. The van der Waals surface area contributed by atoms with Gasteiger partial charge < -0.3 is 15.4 Å². The van der Waals surface area contributed by atoms with E-state index in [-0.39, 0.29) is 0 Å². The molecular formula is C11H24N2O. The molecule has 1 saturated heterocycles. The van der Waals surface area contributed by atoms with Gasteiger partial charge in [-0.3, -0.25) is 0 Å². The van der Waals surface area contributed by atoms with Crippen molar-refractivity contribution in [3.05, 3.63) is 0 Å². The van der Waals surface area contributed by atoms with Crippen LogP contribution in [0.25, 0.3) is 0 Å². The summed E-state index contributed by atoms with van der Waals surface area (Å²) in [4.78, 5) is 0. The van der Waals surface area contributed by atoms with Crippen LogP contribution in [0.2, 0.25) is 0 Å². The average Bonchev–Trinajstić information content (AvgIpc) is 2.18. The smallest absolute Gasteiger partial charge is 0.0599 e. The van der Waals surface area contributed by atoms with Crippen LogP contribution in [0, 0.1) is 0 Å². The largest absolute Gasteiger partial charge is 0.378 e. The highest BCUT2D eigenvalue weighted by atomic mass is 16.5. The number of piperidine rings is 1. The molecule has 3 nitrogen and oxygen atoms in total. The van der Waals surface area contributed by atoms with Gasteiger partial charge in [-0.1, -0.05) is 13.8 Å². The minimum atomic E-state index is 0.510. The molecule has 1 fully saturated rings. The van der Waals surface area contributed by atoms with Crippen molar-refractivity contribution < 1.29 is 4.74 Å². The summed E-state index contributed by atoms with van der Waals surface area (Å²) in [5, 5.41) is 6.73. The van der Waals surface area contributed by atoms with Gasteiger partial charge in [-0.05, 0) is 38.9 Å². The van der Waals surface area contributed by atoms with E-state index in [4.69, 9.17) is 4.74 Å². The number of hydrogen-bond donors (Lipinski definition) is 2. The third-order valence-corrected chi connectivity index (χ3v) is 2.51. The highest BCUT2D eigenvalue weighted by molar-refractivity contribution is 4.68. The van der Waals surface area contributed by atoms with Crippen molar-refractivity contribution in [2.45, 2.75) is 45.3 Å². The molecule has 0 aliphatic carbocycles. The van der Waals surface area contributed by atoms with Crippen LogP contribution in [-0.2, 0) is 4.74 Å². The van der Waals surface area contributed by atoms with Gasteiger partial charge in [0.1, 0.15) is 0 Å². The maximum Gasteiger partial charge on any atom is 0.0599 e. The molecule has 1 aliphatic rings. The van der Waals surface area contributed by atoms with E-state index in [1.807, 2.05) is 0 Å². The van der Waals surface area contributed by atoms with Crippen LogP contribution >= 0.6 is 0 Å². The van der Waals surface area contributed by atoms with Crippen molar-refractivity contribution in [2.75, 3.05) is 26.2 Å². The monoisotopic (exact) mass is 200 g/mol. The maximum absolute atomic E-state index is 5.78. The van der Waals surface area contributed by atoms with E-state index in [0.717, 1.165) is 32.7 Å². The quantitative estimate of drug-likeness (QED) is 0.631. The molecule has 2 N–H and O–H groups in total. The van der Waals surface area contributed by atoms with Gasteiger partial charge in [0, 0.05) is 12.6 Å². The summed E-state index contributed by atoms with van der Waals surface area (Å²) in [6.45, 7) is 8.57. The fourth-order valence-electron chi connectivity index (χ4n) is 1.68. The first-order valence-electron chi connectivity index (χ1n) is 5.84. The Kier molecular flexibility index (Phi) is 6.15. The highest BCUT2D eigenvalue weighted by Gasteiger charge is 2.12. The van der Waals surface area contributed by atoms with Gasteiger partial charge in [0.15, 0.2) is 0 Å². The lowest BCUT2D eigenvalue weighted by Gasteiger charge is -2.23. The molecule has 84 valence electrons. The van der Waals surface area contributed by atoms with Crippen molar-refractivity contribution in [3.8, 4) is 0 Å². The summed E-state index contributed by atoms with van der Waals surface area (Å²) >= 11 is 0. The first-order valence-corrected chi connectivity index (χ1v) is 5.84. The van der Waals surface area contributed by atoms with Crippen molar-refractivity contribution in [1.82, 2.24) is 10.6 Å². The Labute approximate surface area is 87.6 Å². The minimum absolute atomic E-state index is 0.510. The second-order valence-electron chi connectivity index (χ2n) is 4.28. The molecule has 0 spiro atoms. The molecule has 0 unspecified atom stereocenters. The molecule has 14 heavy (non-hydrogen) atoms. The van der Waals surface area contributed by atoms with E-state index in [0.29, 0.717) is 12.1 Å². The minimum Gasteiger partial charge on any atom is -0.378 e. The summed E-state index contributed by atoms with van der Waals surface area (Å²) in [5.74, 6) is 0. The highest BCUT2D eigenvalue weighted by Crippen LogP contribution is 2.06. The lowest BCUT2D eigenvalue weighted by atomic mass is 10.1. The molecule has 0 saturated carbocycles. The first-order chi connectivity index (χ1) is 6.79. The summed E-state index contributed by atoms with van der Waals surface area (Å²) < 4.78 is 5.78. The number of ether oxygens (including phenoxy) is 1. The van der Waals surface area contributed by atoms with Crippen molar-refractivity contribution >= 4 is 0 Å². The van der Waals surface area contributed by atoms with E-state index in [9.17, 15) is 0 Å². The molecule has 1 heterocycles. The van der Waals surface area contributed by atoms with Crippen LogP contribution in [0.15, 0.2) is 0 Å². The number of rotatable bonds is 6. The Hall–Kier alpha value is -0.120. The van der Waals surface area contributed by atoms with E-state index in [1.54, 1.807) is 0 Å². The van der Waals surface area contributed by atoms with E-state index in [2.05, 4.69) is 24.5 Å². The SMILES string of the molecule is CC(C)NCCCOC1CCNCC1. The number of nitrogens with one attached hydrogen (secondary N) is 2. The molecule has 0 aromatic carbocycles. The average molecular weight is 200 g/mol. The van der Waals surface area contributed by atoms with Crippen LogP contribution in [-0.4, -0.2) is 38.4 Å². The van der Waals surface area contributed by atoms with Crippen LogP contribution in [0.4, 0.5) is 0 Å². The summed E-state index contributed by atoms with van der Waals surface area (Å²) in [7, 11) is 0. The summed E-state index contributed by atoms with van der Waals surface area (Å²) in [6.07, 6.45) is 3.99. The zero-order chi connectivity index (χ0) is 10.2. The Morgan fingerprint density at radius 3 is 2.71 bits per heavy atom. The maximum atomic E-state index is 5.78. The molecule has 3 heteroatoms. The van der Waals surface area contributed by atoms with Gasteiger partial charge in [0.25, 0.3) is 0 Å². The Balaban J connectivity index is 1.87. The number of hydrogen-bond acceptors (Lipinski definition) is 3. The van der Waals surface area contributed by atoms with E-state index < -0.39 is 0 Å². The Bertz CT molecular complexity index is 133. The van der Waals surface area contributed by atoms with Crippen molar-refractivity contribution in [3.63, 3.8) is 0 Å². The Morgan fingerprint density at radius 1 is 1.36 bits per heavy atom. The molecule has 1 aliphatic heterocycles. The zero-order valence-electron chi connectivity index (χ0n) is 9.51. The van der Waals surface area contributed by atoms with E-state index in [1.165, 1.54) is 12.8 Å². The normalized spacial score (nSPS) is 19.1.